The summed E-state index contributed by atoms with van der Waals surface area (Å²) in [6.07, 6.45) is 0. The van der Waals surface area contributed by atoms with E-state index < -0.39 is 18.3 Å². The smallest absolute Gasteiger partial charge is 0.207 e. The van der Waals surface area contributed by atoms with Crippen molar-refractivity contribution in [2.24, 2.45) is 0 Å². The maximum absolute atomic E-state index is 12.3. The fourth-order valence-corrected chi connectivity index (χ4v) is 0.821. The Morgan fingerprint density at radius 3 is 1.85 bits per heavy atom. The SMILES string of the molecule is FC(F)F.Fc1ccc(F)c(Br)c1. The first-order valence-electron chi connectivity index (χ1n) is 2.96. The van der Waals surface area contributed by atoms with Gasteiger partial charge in [-0.15, -0.1) is 0 Å². The molecule has 0 fully saturated rings. The second-order valence-corrected chi connectivity index (χ2v) is 2.66. The molecule has 0 aromatic heterocycles. The summed E-state index contributed by atoms with van der Waals surface area (Å²) in [6, 6.07) is 3.22. The van der Waals surface area contributed by atoms with Crippen molar-refractivity contribution in [3.05, 3.63) is 34.3 Å². The molecule has 0 saturated heterocycles. The van der Waals surface area contributed by atoms with Crippen LogP contribution in [0.3, 0.4) is 0 Å². The van der Waals surface area contributed by atoms with Gasteiger partial charge in [-0.3, -0.25) is 0 Å². The van der Waals surface area contributed by atoms with E-state index in [1.54, 1.807) is 0 Å². The Bertz CT molecular complexity index is 260. The summed E-state index contributed by atoms with van der Waals surface area (Å²) in [5, 5.41) is 0. The van der Waals surface area contributed by atoms with Gasteiger partial charge < -0.3 is 0 Å². The van der Waals surface area contributed by atoms with Gasteiger partial charge in [0.1, 0.15) is 11.6 Å². The molecule has 13 heavy (non-hydrogen) atoms. The maximum Gasteiger partial charge on any atom is 0.379 e. The van der Waals surface area contributed by atoms with E-state index in [1.165, 1.54) is 0 Å². The Balaban J connectivity index is 0.000000310. The van der Waals surface area contributed by atoms with E-state index in [0.29, 0.717) is 0 Å². The highest BCUT2D eigenvalue weighted by Gasteiger charge is 1.97. The molecule has 6 heteroatoms. The first-order chi connectivity index (χ1) is 5.93. The predicted molar refractivity (Wildman–Crippen MR) is 41.2 cm³/mol. The Hall–Kier alpha value is -0.650. The average Bonchev–Trinajstić information content (AvgIpc) is 1.96. The summed E-state index contributed by atoms with van der Waals surface area (Å²) in [5.41, 5.74) is 0. The fourth-order valence-electron chi connectivity index (χ4n) is 0.470. The molecule has 0 nitrogen and oxygen atoms in total. The third-order valence-electron chi connectivity index (χ3n) is 0.882. The van der Waals surface area contributed by atoms with Gasteiger partial charge in [0.25, 0.3) is 0 Å². The number of halogens is 6. The first-order valence-corrected chi connectivity index (χ1v) is 3.75. The molecule has 0 aliphatic heterocycles. The van der Waals surface area contributed by atoms with Gasteiger partial charge in [-0.1, -0.05) is 0 Å². The monoisotopic (exact) mass is 262 g/mol. The molecule has 0 aliphatic carbocycles. The Kier molecular flexibility index (Phi) is 5.61. The predicted octanol–water partition coefficient (Wildman–Crippen LogP) is 3.91. The van der Waals surface area contributed by atoms with Crippen LogP contribution in [-0.4, -0.2) is 6.68 Å². The summed E-state index contributed by atoms with van der Waals surface area (Å²) in [5.74, 6) is -0.889. The van der Waals surface area contributed by atoms with E-state index in [0.717, 1.165) is 18.2 Å². The summed E-state index contributed by atoms with van der Waals surface area (Å²) in [4.78, 5) is 0. The van der Waals surface area contributed by atoms with Crippen LogP contribution in [0.5, 0.6) is 0 Å². The zero-order valence-corrected chi connectivity index (χ0v) is 7.66. The molecule has 0 aliphatic rings. The highest BCUT2D eigenvalue weighted by Crippen LogP contribution is 2.15. The van der Waals surface area contributed by atoms with Gasteiger partial charge in [-0.05, 0) is 34.1 Å². The number of benzene rings is 1. The minimum absolute atomic E-state index is 0.155. The van der Waals surface area contributed by atoms with Crippen LogP contribution in [0, 0.1) is 11.6 Å². The zero-order chi connectivity index (χ0) is 10.4. The lowest BCUT2D eigenvalue weighted by molar-refractivity contribution is 0.00819. The third-order valence-corrected chi connectivity index (χ3v) is 1.49. The van der Waals surface area contributed by atoms with E-state index in [4.69, 9.17) is 0 Å². The van der Waals surface area contributed by atoms with Crippen molar-refractivity contribution in [1.82, 2.24) is 0 Å². The normalized spacial score (nSPS) is 9.46. The quantitative estimate of drug-likeness (QED) is 0.491. The molecule has 0 bridgehead atoms. The lowest BCUT2D eigenvalue weighted by Crippen LogP contribution is -1.77. The van der Waals surface area contributed by atoms with Crippen LogP contribution in [0.2, 0.25) is 0 Å². The van der Waals surface area contributed by atoms with Gasteiger partial charge in [0.15, 0.2) is 0 Å². The van der Waals surface area contributed by atoms with Crippen LogP contribution in [0.25, 0.3) is 0 Å². The van der Waals surface area contributed by atoms with Crippen LogP contribution >= 0.6 is 15.9 Å². The standard InChI is InChI=1S/C6H3BrF2.CHF3/c7-5-3-4(8)1-2-6(5)9;2-1(3)4/h1-3H;1H. The summed E-state index contributed by atoms with van der Waals surface area (Å²) >= 11 is 2.83. The van der Waals surface area contributed by atoms with Gasteiger partial charge in [-0.25, -0.2) is 8.78 Å². The second kappa shape index (κ2) is 5.90. The van der Waals surface area contributed by atoms with Crippen molar-refractivity contribution < 1.29 is 22.0 Å². The van der Waals surface area contributed by atoms with Crippen molar-refractivity contribution in [2.75, 3.05) is 0 Å². The minimum Gasteiger partial charge on any atom is -0.207 e. The molecule has 1 aromatic rings. The van der Waals surface area contributed by atoms with Crippen LogP contribution in [0.1, 0.15) is 0 Å². The number of alkyl halides is 3. The van der Waals surface area contributed by atoms with E-state index in [9.17, 15) is 22.0 Å². The highest BCUT2D eigenvalue weighted by atomic mass is 79.9. The second-order valence-electron chi connectivity index (χ2n) is 1.81. The molecule has 0 spiro atoms. The molecule has 0 radical (unpaired) electrons. The van der Waals surface area contributed by atoms with E-state index >= 15 is 0 Å². The van der Waals surface area contributed by atoms with Crippen LogP contribution < -0.4 is 0 Å². The molecular formula is C7H4BrF5. The molecule has 0 heterocycles. The zero-order valence-electron chi connectivity index (χ0n) is 6.08. The van der Waals surface area contributed by atoms with Crippen molar-refractivity contribution in [2.45, 2.75) is 6.68 Å². The average molecular weight is 263 g/mol. The molecule has 0 saturated carbocycles. The van der Waals surface area contributed by atoms with Gasteiger partial charge >= 0.3 is 6.68 Å². The highest BCUT2D eigenvalue weighted by molar-refractivity contribution is 9.10. The summed E-state index contributed by atoms with van der Waals surface area (Å²) in [7, 11) is 0. The third kappa shape index (κ3) is 6.51. The van der Waals surface area contributed by atoms with E-state index in [-0.39, 0.29) is 4.47 Å². The lowest BCUT2D eigenvalue weighted by Gasteiger charge is -1.90. The summed E-state index contributed by atoms with van der Waals surface area (Å²) < 4.78 is 53.6. The van der Waals surface area contributed by atoms with Crippen molar-refractivity contribution in [3.8, 4) is 0 Å². The lowest BCUT2D eigenvalue weighted by atomic mass is 10.3. The first kappa shape index (κ1) is 12.3. The van der Waals surface area contributed by atoms with E-state index in [2.05, 4.69) is 15.9 Å². The van der Waals surface area contributed by atoms with Gasteiger partial charge in [0.05, 0.1) is 4.47 Å². The molecule has 0 unspecified atom stereocenters. The van der Waals surface area contributed by atoms with Crippen LogP contribution in [-0.2, 0) is 0 Å². The number of hydrogen-bond acceptors (Lipinski definition) is 0. The van der Waals surface area contributed by atoms with E-state index in [1.807, 2.05) is 0 Å². The molecule has 1 aromatic carbocycles. The molecular weight excluding hydrogens is 259 g/mol. The topological polar surface area (TPSA) is 0 Å². The molecule has 0 N–H and O–H groups in total. The van der Waals surface area contributed by atoms with Crippen LogP contribution in [0.4, 0.5) is 22.0 Å². The Morgan fingerprint density at radius 2 is 1.54 bits per heavy atom. The summed E-state index contributed by atoms with van der Waals surface area (Å²) in [6.45, 7) is -3.67. The maximum atomic E-state index is 12.3. The van der Waals surface area contributed by atoms with Crippen molar-refractivity contribution in [1.29, 1.82) is 0 Å². The van der Waals surface area contributed by atoms with Crippen molar-refractivity contribution in [3.63, 3.8) is 0 Å². The van der Waals surface area contributed by atoms with Gasteiger partial charge in [0, 0.05) is 0 Å². The van der Waals surface area contributed by atoms with Gasteiger partial charge in [-0.2, -0.15) is 13.2 Å². The van der Waals surface area contributed by atoms with Gasteiger partial charge in [0.2, 0.25) is 0 Å². The van der Waals surface area contributed by atoms with Crippen molar-refractivity contribution >= 4 is 15.9 Å². The van der Waals surface area contributed by atoms with Crippen LogP contribution in [0.15, 0.2) is 22.7 Å². The Morgan fingerprint density at radius 1 is 1.08 bits per heavy atom. The largest absolute Gasteiger partial charge is 0.379 e. The Labute approximate surface area is 79.5 Å². The minimum atomic E-state index is -3.67. The number of hydrogen-bond donors (Lipinski definition) is 0. The fraction of sp³-hybridized carbons (Fsp3) is 0.143. The molecule has 0 amide bonds. The number of rotatable bonds is 0. The molecule has 74 valence electrons. The molecule has 1 rings (SSSR count). The molecule has 0 atom stereocenters.